The second kappa shape index (κ2) is 28.2. The van der Waals surface area contributed by atoms with E-state index in [0.717, 1.165) is 166 Å². The van der Waals surface area contributed by atoms with E-state index in [9.17, 15) is 0 Å². The summed E-state index contributed by atoms with van der Waals surface area (Å²) < 4.78 is 13.7. The maximum Gasteiger partial charge on any atom is 0.164 e. The molecular formula is C106H64N8O2. The highest BCUT2D eigenvalue weighted by Crippen LogP contribution is 2.49. The normalized spacial score (nSPS) is 11.6. The molecule has 0 fully saturated rings. The van der Waals surface area contributed by atoms with Crippen molar-refractivity contribution in [2.24, 2.45) is 0 Å². The summed E-state index contributed by atoms with van der Waals surface area (Å²) in [5, 5.41) is 15.6. The first-order valence-electron chi connectivity index (χ1n) is 38.9. The highest BCUT2D eigenvalue weighted by Gasteiger charge is 2.26. The summed E-state index contributed by atoms with van der Waals surface area (Å²) in [5.41, 5.74) is 20.9. The van der Waals surface area contributed by atoms with E-state index in [1.54, 1.807) is 0 Å². The molecule has 23 rings (SSSR count). The van der Waals surface area contributed by atoms with Crippen molar-refractivity contribution in [1.82, 2.24) is 39.9 Å². The van der Waals surface area contributed by atoms with Crippen molar-refractivity contribution < 1.29 is 8.83 Å². The molecule has 0 spiro atoms. The largest absolute Gasteiger partial charge is 0.455 e. The predicted octanol–water partition coefficient (Wildman–Crippen LogP) is 27.6. The van der Waals surface area contributed by atoms with Crippen molar-refractivity contribution in [1.29, 1.82) is 0 Å². The van der Waals surface area contributed by atoms with Crippen molar-refractivity contribution >= 4 is 109 Å². The van der Waals surface area contributed by atoms with Crippen LogP contribution < -0.4 is 0 Å². The molecule has 0 bridgehead atoms. The zero-order valence-corrected chi connectivity index (χ0v) is 62.3. The summed E-state index contributed by atoms with van der Waals surface area (Å²) in [5.74, 6) is 3.71. The summed E-state index contributed by atoms with van der Waals surface area (Å²) in [7, 11) is 0. The third kappa shape index (κ3) is 11.8. The van der Waals surface area contributed by atoms with Crippen LogP contribution in [0.5, 0.6) is 0 Å². The van der Waals surface area contributed by atoms with E-state index >= 15 is 0 Å². The predicted molar refractivity (Wildman–Crippen MR) is 475 cm³/mol. The van der Waals surface area contributed by atoms with Crippen LogP contribution in [0.3, 0.4) is 0 Å². The average molecular weight is 1480 g/mol. The molecule has 23 aromatic rings. The van der Waals surface area contributed by atoms with Gasteiger partial charge in [0.25, 0.3) is 0 Å². The molecule has 0 aliphatic carbocycles. The summed E-state index contributed by atoms with van der Waals surface area (Å²) in [6.07, 6.45) is 0. The van der Waals surface area contributed by atoms with Gasteiger partial charge in [-0.1, -0.05) is 346 Å². The Morgan fingerprint density at radius 3 is 0.888 bits per heavy atom. The third-order valence-electron chi connectivity index (χ3n) is 22.2. The van der Waals surface area contributed by atoms with Crippen molar-refractivity contribution in [3.63, 3.8) is 0 Å². The van der Waals surface area contributed by atoms with Gasteiger partial charge in [0.1, 0.15) is 22.3 Å². The zero-order chi connectivity index (χ0) is 76.6. The number of fused-ring (bicyclic) bond motifs is 16. The number of para-hydroxylation sites is 2. The first-order valence-corrected chi connectivity index (χ1v) is 38.9. The number of hydrogen-bond donors (Lipinski definition) is 0. The highest BCUT2D eigenvalue weighted by molar-refractivity contribution is 6.27. The van der Waals surface area contributed by atoms with E-state index < -0.39 is 0 Å². The molecule has 0 radical (unpaired) electrons. The Kier molecular flexibility index (Phi) is 16.3. The Labute approximate surface area is 665 Å². The quantitative estimate of drug-likeness (QED) is 0.115. The zero-order valence-electron chi connectivity index (χ0n) is 62.3. The average Bonchev–Trinajstić information content (AvgIpc) is 1.50. The van der Waals surface area contributed by atoms with E-state index in [4.69, 9.17) is 48.7 Å². The maximum atomic E-state index is 6.86. The number of aromatic nitrogens is 8. The van der Waals surface area contributed by atoms with Crippen LogP contribution in [0.4, 0.5) is 0 Å². The molecule has 0 N–H and O–H groups in total. The number of hydrogen-bond acceptors (Lipinski definition) is 10. The minimum Gasteiger partial charge on any atom is -0.455 e. The van der Waals surface area contributed by atoms with Crippen LogP contribution in [0.15, 0.2) is 397 Å². The van der Waals surface area contributed by atoms with Gasteiger partial charge in [0.2, 0.25) is 0 Å². The van der Waals surface area contributed by atoms with Gasteiger partial charge in [0.15, 0.2) is 34.9 Å². The summed E-state index contributed by atoms with van der Waals surface area (Å²) in [4.78, 5) is 41.0. The van der Waals surface area contributed by atoms with Gasteiger partial charge in [-0.25, -0.2) is 39.9 Å². The van der Waals surface area contributed by atoms with Crippen molar-refractivity contribution in [2.75, 3.05) is 0 Å². The first kappa shape index (κ1) is 67.1. The Bertz CT molecular complexity index is 7750. The van der Waals surface area contributed by atoms with Crippen LogP contribution in [0.1, 0.15) is 0 Å². The minimum atomic E-state index is 0.604. The van der Waals surface area contributed by atoms with E-state index in [1.807, 2.05) is 121 Å². The first-order chi connectivity index (χ1) is 57.5. The fourth-order valence-electron chi connectivity index (χ4n) is 16.7. The molecular weight excluding hydrogens is 1420 g/mol. The molecule has 6 aromatic heterocycles. The summed E-state index contributed by atoms with van der Waals surface area (Å²) in [6, 6.07) is 134. The smallest absolute Gasteiger partial charge is 0.164 e. The van der Waals surface area contributed by atoms with E-state index in [2.05, 4.69) is 267 Å². The molecule has 0 saturated carbocycles. The molecule has 17 aromatic carbocycles. The van der Waals surface area contributed by atoms with E-state index in [1.165, 1.54) is 32.3 Å². The SMILES string of the molecule is c1ccc(-c2ccc(-c3nc(-c4ccccc4)nc(-c4ccc(-c5cccc6nc(-c7cc8ccccc8c8ccccc78)c7c8ccccc8oc7c56)cc4)n3)cc2)cc1.c1ccc(-c2nc(-c3ccccc3)nc(-c3cccc(-c4cccc5nc(-c6cc7ccccc7c7ccccc67)c6c7ccccc7oc6c45)c3)n2)cc1. The standard InChI is InChI=1S/C56H34N4O.C50H30N4O/c1-3-14-35(15-4-1)36-26-30-39(31-27-36)55-58-54(38-16-5-2-6-17-38)59-56(60-55)40-32-28-37(29-33-40)43-23-13-24-48-50(43)53-51(46-22-11-12-25-49(46)61-53)52(57-48)47-34-41-18-7-8-19-42(41)44-20-9-10-21-45(44)47;1-3-15-31(16-4-1)48-52-49(32-17-5-2-6-18-32)54-50(53-48)35-21-13-20-33(29-35)37-26-14-27-42-44(37)47-45(40-25-11-12-28-43(40)55-47)46(51-42)41-30-34-19-7-8-22-36(34)38-23-9-10-24-39(38)41/h1-34H;1-30H. The molecule has 0 amide bonds. The van der Waals surface area contributed by atoms with Gasteiger partial charge in [-0.2, -0.15) is 0 Å². The van der Waals surface area contributed by atoms with Gasteiger partial charge in [0, 0.05) is 55.3 Å². The number of rotatable bonds is 11. The lowest BCUT2D eigenvalue weighted by atomic mass is 9.92. The lowest BCUT2D eigenvalue weighted by molar-refractivity contribution is 0.672. The highest BCUT2D eigenvalue weighted by atomic mass is 16.3. The number of furan rings is 2. The Hall–Kier alpha value is -15.8. The topological polar surface area (TPSA) is 129 Å². The van der Waals surface area contributed by atoms with Gasteiger partial charge >= 0.3 is 0 Å². The molecule has 0 aliphatic rings. The summed E-state index contributed by atoms with van der Waals surface area (Å²) in [6.45, 7) is 0. The van der Waals surface area contributed by atoms with Gasteiger partial charge in [-0.3, -0.25) is 0 Å². The van der Waals surface area contributed by atoms with Crippen LogP contribution in [0.2, 0.25) is 0 Å². The van der Waals surface area contributed by atoms with E-state index in [0.29, 0.717) is 34.9 Å². The van der Waals surface area contributed by atoms with E-state index in [-0.39, 0.29) is 0 Å². The minimum absolute atomic E-state index is 0.604. The second-order valence-corrected chi connectivity index (χ2v) is 29.1. The van der Waals surface area contributed by atoms with Crippen LogP contribution >= 0.6 is 0 Å². The second-order valence-electron chi connectivity index (χ2n) is 29.1. The number of benzene rings is 17. The van der Waals surface area contributed by atoms with Crippen LogP contribution in [-0.2, 0) is 0 Å². The lowest BCUT2D eigenvalue weighted by Crippen LogP contribution is -2.00. The fraction of sp³-hybridized carbons (Fsp3) is 0. The fourth-order valence-corrected chi connectivity index (χ4v) is 16.7. The molecule has 0 unspecified atom stereocenters. The van der Waals surface area contributed by atoms with Gasteiger partial charge < -0.3 is 8.83 Å². The number of pyridine rings is 2. The molecule has 540 valence electrons. The molecule has 0 aliphatic heterocycles. The Morgan fingerprint density at radius 2 is 0.457 bits per heavy atom. The van der Waals surface area contributed by atoms with Gasteiger partial charge in [-0.15, -0.1) is 0 Å². The van der Waals surface area contributed by atoms with Crippen LogP contribution in [0.25, 0.3) is 233 Å². The Morgan fingerprint density at radius 1 is 0.164 bits per heavy atom. The molecule has 116 heavy (non-hydrogen) atoms. The molecule has 0 saturated heterocycles. The maximum absolute atomic E-state index is 6.86. The molecule has 10 heteroatoms. The van der Waals surface area contributed by atoms with Crippen molar-refractivity contribution in [2.45, 2.75) is 0 Å². The molecule has 10 nitrogen and oxygen atoms in total. The molecule has 6 heterocycles. The Balaban J connectivity index is 0.000000141. The summed E-state index contributed by atoms with van der Waals surface area (Å²) >= 11 is 0. The van der Waals surface area contributed by atoms with Gasteiger partial charge in [-0.05, 0) is 119 Å². The lowest BCUT2D eigenvalue weighted by Gasteiger charge is -2.14. The van der Waals surface area contributed by atoms with Crippen molar-refractivity contribution in [3.8, 4) is 124 Å². The number of nitrogens with zero attached hydrogens (tertiary/aromatic N) is 8. The van der Waals surface area contributed by atoms with Crippen LogP contribution in [0, 0.1) is 0 Å². The van der Waals surface area contributed by atoms with Crippen LogP contribution in [-0.4, -0.2) is 39.9 Å². The monoisotopic (exact) mass is 1480 g/mol. The third-order valence-corrected chi connectivity index (χ3v) is 22.2. The van der Waals surface area contributed by atoms with Crippen molar-refractivity contribution in [3.05, 3.63) is 388 Å². The van der Waals surface area contributed by atoms with Gasteiger partial charge in [0.05, 0.1) is 44.0 Å². The molecule has 0 atom stereocenters.